The topological polar surface area (TPSA) is 49.8 Å². The van der Waals surface area contributed by atoms with Crippen molar-refractivity contribution >= 4 is 5.91 Å². The largest absolute Gasteiger partial charge is 0.368 e. The number of hydrogen-bond acceptors (Lipinski definition) is 3. The van der Waals surface area contributed by atoms with Gasteiger partial charge in [0, 0.05) is 12.0 Å². The van der Waals surface area contributed by atoms with Gasteiger partial charge in [-0.15, -0.1) is 0 Å². The third kappa shape index (κ3) is 1.06. The number of likely N-dealkylation sites (tertiary alicyclic amines) is 1. The van der Waals surface area contributed by atoms with Crippen LogP contribution in [0.15, 0.2) is 0 Å². The molecule has 0 radical (unpaired) electrons. The molecule has 0 aromatic heterocycles. The molecule has 3 rings (SSSR count). The summed E-state index contributed by atoms with van der Waals surface area (Å²) in [6, 6.07) is 0.343. The number of ether oxygens (including phenoxy) is 1. The zero-order valence-corrected chi connectivity index (χ0v) is 9.09. The normalized spacial score (nSPS) is 48.1. The van der Waals surface area contributed by atoms with Crippen LogP contribution < -0.4 is 0 Å². The lowest BCUT2D eigenvalue weighted by molar-refractivity contribution is -0.139. The van der Waals surface area contributed by atoms with Crippen molar-refractivity contribution in [2.45, 2.75) is 51.2 Å². The standard InChI is InChI=1S/C11H17NO3/c1-5(2)12-8-6-3-4-7(10(12)13)9(8)15-11(6)14/h5-9,11,14H,3-4H2,1-2H3/t6-,7-,8+,9-,11?/m0/s1. The summed E-state index contributed by atoms with van der Waals surface area (Å²) in [7, 11) is 0. The van der Waals surface area contributed by atoms with Crippen LogP contribution in [0, 0.1) is 11.8 Å². The molecule has 0 spiro atoms. The van der Waals surface area contributed by atoms with Gasteiger partial charge in [0.2, 0.25) is 5.91 Å². The van der Waals surface area contributed by atoms with Crippen molar-refractivity contribution in [2.75, 3.05) is 0 Å². The summed E-state index contributed by atoms with van der Waals surface area (Å²) in [6.07, 6.45) is 1.10. The fraction of sp³-hybridized carbons (Fsp3) is 0.909. The molecular formula is C11H17NO3. The highest BCUT2D eigenvalue weighted by molar-refractivity contribution is 5.83. The molecular weight excluding hydrogens is 194 g/mol. The van der Waals surface area contributed by atoms with Crippen LogP contribution in [-0.2, 0) is 9.53 Å². The van der Waals surface area contributed by atoms with Crippen molar-refractivity contribution < 1.29 is 14.6 Å². The Morgan fingerprint density at radius 2 is 2.20 bits per heavy atom. The average Bonchev–Trinajstić information content (AvgIpc) is 2.50. The number of amides is 1. The van der Waals surface area contributed by atoms with E-state index in [-0.39, 0.29) is 35.9 Å². The number of aliphatic hydroxyl groups is 1. The van der Waals surface area contributed by atoms with Gasteiger partial charge in [0.25, 0.3) is 0 Å². The van der Waals surface area contributed by atoms with Crippen LogP contribution in [0.5, 0.6) is 0 Å². The summed E-state index contributed by atoms with van der Waals surface area (Å²) >= 11 is 0. The van der Waals surface area contributed by atoms with E-state index in [1.165, 1.54) is 0 Å². The predicted molar refractivity (Wildman–Crippen MR) is 52.9 cm³/mol. The van der Waals surface area contributed by atoms with E-state index in [1.54, 1.807) is 0 Å². The molecule has 84 valence electrons. The van der Waals surface area contributed by atoms with E-state index < -0.39 is 6.29 Å². The van der Waals surface area contributed by atoms with E-state index in [4.69, 9.17) is 4.74 Å². The Bertz CT molecular complexity index is 304. The molecule has 1 aliphatic carbocycles. The molecule has 4 nitrogen and oxygen atoms in total. The van der Waals surface area contributed by atoms with Crippen LogP contribution in [0.4, 0.5) is 0 Å². The number of nitrogens with zero attached hydrogens (tertiary/aromatic N) is 1. The number of carbonyl (C=O) groups excluding carboxylic acids is 1. The molecule has 2 saturated heterocycles. The molecule has 1 N–H and O–H groups in total. The first kappa shape index (κ1) is 9.60. The van der Waals surface area contributed by atoms with Gasteiger partial charge in [-0.2, -0.15) is 0 Å². The van der Waals surface area contributed by atoms with Crippen molar-refractivity contribution in [1.82, 2.24) is 4.90 Å². The highest BCUT2D eigenvalue weighted by atomic mass is 16.6. The predicted octanol–water partition coefficient (Wildman–Crippen LogP) is 0.349. The smallest absolute Gasteiger partial charge is 0.228 e. The molecule has 5 atom stereocenters. The molecule has 1 amide bonds. The summed E-state index contributed by atoms with van der Waals surface area (Å²) in [5.41, 5.74) is 0. The maximum Gasteiger partial charge on any atom is 0.228 e. The van der Waals surface area contributed by atoms with E-state index in [0.717, 1.165) is 12.8 Å². The quantitative estimate of drug-likeness (QED) is 0.681. The monoisotopic (exact) mass is 211 g/mol. The highest BCUT2D eigenvalue weighted by Gasteiger charge is 2.61. The first-order valence-electron chi connectivity index (χ1n) is 5.77. The lowest BCUT2D eigenvalue weighted by atomic mass is 9.82. The summed E-state index contributed by atoms with van der Waals surface area (Å²) in [5, 5.41) is 9.75. The number of carbonyl (C=O) groups is 1. The Morgan fingerprint density at radius 3 is 2.87 bits per heavy atom. The highest BCUT2D eigenvalue weighted by Crippen LogP contribution is 2.49. The first-order chi connectivity index (χ1) is 7.11. The summed E-state index contributed by atoms with van der Waals surface area (Å²) in [4.78, 5) is 14.0. The number of aliphatic hydroxyl groups excluding tert-OH is 1. The van der Waals surface area contributed by atoms with Crippen LogP contribution in [0.3, 0.4) is 0 Å². The van der Waals surface area contributed by atoms with Crippen molar-refractivity contribution in [3.8, 4) is 0 Å². The second kappa shape index (κ2) is 2.95. The fourth-order valence-electron chi connectivity index (χ4n) is 3.50. The van der Waals surface area contributed by atoms with Gasteiger partial charge in [-0.05, 0) is 26.7 Å². The molecule has 3 fully saturated rings. The fourth-order valence-corrected chi connectivity index (χ4v) is 3.50. The number of rotatable bonds is 1. The summed E-state index contributed by atoms with van der Waals surface area (Å²) in [6.45, 7) is 4.06. The van der Waals surface area contributed by atoms with Gasteiger partial charge in [-0.25, -0.2) is 0 Å². The molecule has 4 heteroatoms. The molecule has 15 heavy (non-hydrogen) atoms. The Labute approximate surface area is 89.2 Å². The molecule has 1 unspecified atom stereocenters. The van der Waals surface area contributed by atoms with Crippen LogP contribution in [-0.4, -0.2) is 40.4 Å². The molecule has 4 bridgehead atoms. The van der Waals surface area contributed by atoms with Crippen LogP contribution in [0.1, 0.15) is 26.7 Å². The first-order valence-corrected chi connectivity index (χ1v) is 5.77. The van der Waals surface area contributed by atoms with Crippen LogP contribution >= 0.6 is 0 Å². The molecule has 1 saturated carbocycles. The number of hydrogen-bond donors (Lipinski definition) is 1. The van der Waals surface area contributed by atoms with Gasteiger partial charge in [0.15, 0.2) is 6.29 Å². The van der Waals surface area contributed by atoms with Gasteiger partial charge in [0.05, 0.1) is 18.1 Å². The van der Waals surface area contributed by atoms with Crippen molar-refractivity contribution in [2.24, 2.45) is 11.8 Å². The zero-order valence-electron chi connectivity index (χ0n) is 9.09. The summed E-state index contributed by atoms with van der Waals surface area (Å²) < 4.78 is 5.52. The molecule has 0 aromatic rings. The minimum absolute atomic E-state index is 0.00537. The van der Waals surface area contributed by atoms with Crippen molar-refractivity contribution in [3.63, 3.8) is 0 Å². The van der Waals surface area contributed by atoms with Gasteiger partial charge in [0.1, 0.15) is 0 Å². The molecule has 3 aliphatic rings. The van der Waals surface area contributed by atoms with E-state index in [0.29, 0.717) is 0 Å². The Morgan fingerprint density at radius 1 is 1.47 bits per heavy atom. The average molecular weight is 211 g/mol. The maximum absolute atomic E-state index is 12.1. The van der Waals surface area contributed by atoms with Crippen molar-refractivity contribution in [1.29, 1.82) is 0 Å². The minimum atomic E-state index is -0.653. The minimum Gasteiger partial charge on any atom is -0.368 e. The van der Waals surface area contributed by atoms with Crippen molar-refractivity contribution in [3.05, 3.63) is 0 Å². The second-order valence-electron chi connectivity index (χ2n) is 5.17. The lowest BCUT2D eigenvalue weighted by Gasteiger charge is -2.31. The van der Waals surface area contributed by atoms with Gasteiger partial charge in [-0.3, -0.25) is 4.79 Å². The van der Waals surface area contributed by atoms with E-state index >= 15 is 0 Å². The third-order valence-electron chi connectivity index (χ3n) is 4.09. The molecule has 2 aliphatic heterocycles. The van der Waals surface area contributed by atoms with E-state index in [9.17, 15) is 9.90 Å². The maximum atomic E-state index is 12.1. The SMILES string of the molecule is CC(C)N1C(=O)[C@H]2CC[C@@H]3C(O)O[C@@H]2[C@@H]31. The summed E-state index contributed by atoms with van der Waals surface area (Å²) in [5.74, 6) is 0.375. The Kier molecular flexibility index (Phi) is 1.89. The van der Waals surface area contributed by atoms with E-state index in [1.807, 2.05) is 18.7 Å². The Balaban J connectivity index is 1.99. The van der Waals surface area contributed by atoms with Gasteiger partial charge < -0.3 is 14.7 Å². The Hall–Kier alpha value is -0.610. The van der Waals surface area contributed by atoms with Crippen LogP contribution in [0.25, 0.3) is 0 Å². The molecule has 0 aromatic carbocycles. The van der Waals surface area contributed by atoms with Gasteiger partial charge in [-0.1, -0.05) is 0 Å². The third-order valence-corrected chi connectivity index (χ3v) is 4.09. The zero-order chi connectivity index (χ0) is 10.7. The van der Waals surface area contributed by atoms with E-state index in [2.05, 4.69) is 0 Å². The molecule has 2 heterocycles. The second-order valence-corrected chi connectivity index (χ2v) is 5.17. The van der Waals surface area contributed by atoms with Crippen LogP contribution in [0.2, 0.25) is 0 Å². The van der Waals surface area contributed by atoms with Gasteiger partial charge >= 0.3 is 0 Å². The lowest BCUT2D eigenvalue weighted by Crippen LogP contribution is -2.44.